The molecule has 1 aromatic carbocycles. The summed E-state index contributed by atoms with van der Waals surface area (Å²) >= 11 is 0. The molecular formula is C21H32N4O. The quantitative estimate of drug-likeness (QED) is 0.728. The van der Waals surface area contributed by atoms with Crippen LogP contribution in [0.15, 0.2) is 36.7 Å². The van der Waals surface area contributed by atoms with E-state index in [1.807, 2.05) is 17.9 Å². The Hall–Kier alpha value is -1.85. The van der Waals surface area contributed by atoms with Crippen molar-refractivity contribution in [3.63, 3.8) is 0 Å². The summed E-state index contributed by atoms with van der Waals surface area (Å²) in [5.41, 5.74) is 2.68. The fourth-order valence-electron chi connectivity index (χ4n) is 3.95. The lowest BCUT2D eigenvalue weighted by molar-refractivity contribution is 0.142. The van der Waals surface area contributed by atoms with Crippen LogP contribution < -0.4 is 4.74 Å². The second-order valence-corrected chi connectivity index (χ2v) is 7.63. The van der Waals surface area contributed by atoms with Crippen molar-refractivity contribution in [2.45, 2.75) is 25.8 Å². The fraction of sp³-hybridized carbons (Fsp3) is 0.571. The molecule has 1 aromatic heterocycles. The van der Waals surface area contributed by atoms with Crippen LogP contribution in [0.1, 0.15) is 24.0 Å². The molecule has 5 heteroatoms. The molecule has 1 atom stereocenters. The Kier molecular flexibility index (Phi) is 6.69. The third-order valence-corrected chi connectivity index (χ3v) is 5.26. The van der Waals surface area contributed by atoms with Crippen molar-refractivity contribution >= 4 is 0 Å². The van der Waals surface area contributed by atoms with Gasteiger partial charge in [-0.15, -0.1) is 0 Å². The molecule has 0 bridgehead atoms. The van der Waals surface area contributed by atoms with E-state index < -0.39 is 0 Å². The van der Waals surface area contributed by atoms with Gasteiger partial charge in [0.2, 0.25) is 0 Å². The number of rotatable bonds is 8. The number of aryl methyl sites for hydroxylation is 1. The van der Waals surface area contributed by atoms with E-state index in [-0.39, 0.29) is 0 Å². The number of hydrogen-bond donors (Lipinski definition) is 0. The molecule has 5 nitrogen and oxygen atoms in total. The van der Waals surface area contributed by atoms with Gasteiger partial charge in [0.15, 0.2) is 0 Å². The van der Waals surface area contributed by atoms with Crippen LogP contribution in [0.5, 0.6) is 5.75 Å². The summed E-state index contributed by atoms with van der Waals surface area (Å²) in [5.74, 6) is 1.70. The lowest BCUT2D eigenvalue weighted by atomic mass is 9.97. The minimum Gasteiger partial charge on any atom is -0.497 e. The van der Waals surface area contributed by atoms with Crippen molar-refractivity contribution in [2.75, 3.05) is 40.3 Å². The van der Waals surface area contributed by atoms with Crippen LogP contribution in [0, 0.1) is 5.92 Å². The average Bonchev–Trinajstić information content (AvgIpc) is 3.05. The van der Waals surface area contributed by atoms with E-state index in [1.54, 1.807) is 7.11 Å². The summed E-state index contributed by atoms with van der Waals surface area (Å²) in [6, 6.07) is 8.48. The second-order valence-electron chi connectivity index (χ2n) is 7.63. The topological polar surface area (TPSA) is 33.5 Å². The first kappa shape index (κ1) is 18.9. The van der Waals surface area contributed by atoms with Crippen LogP contribution in [-0.4, -0.2) is 59.9 Å². The molecule has 0 spiro atoms. The van der Waals surface area contributed by atoms with E-state index in [9.17, 15) is 0 Å². The van der Waals surface area contributed by atoms with Gasteiger partial charge in [-0.25, -0.2) is 0 Å². The summed E-state index contributed by atoms with van der Waals surface area (Å²) in [4.78, 5) is 5.07. The van der Waals surface area contributed by atoms with E-state index in [0.717, 1.165) is 37.7 Å². The number of hydrogen-bond acceptors (Lipinski definition) is 4. The summed E-state index contributed by atoms with van der Waals surface area (Å²) in [5, 5.41) is 4.27. The van der Waals surface area contributed by atoms with Crippen LogP contribution in [-0.2, 0) is 20.0 Å². The number of methoxy groups -OCH3 is 1. The highest BCUT2D eigenvalue weighted by Crippen LogP contribution is 2.19. The highest BCUT2D eigenvalue weighted by molar-refractivity contribution is 5.27. The van der Waals surface area contributed by atoms with E-state index in [1.165, 1.54) is 37.1 Å². The standard InChI is InChI=1S/C21H32N4O/c1-23(15-20-13-22-24(2)16-20)14-19-5-4-11-25(17-19)12-10-18-6-8-21(26-3)9-7-18/h6-9,13,16,19H,4-5,10-12,14-15,17H2,1-3H3/t19-/m0/s1. The maximum absolute atomic E-state index is 5.24. The molecule has 2 aromatic rings. The van der Waals surface area contributed by atoms with Gasteiger partial charge in [0, 0.05) is 45.0 Å². The molecule has 0 amide bonds. The first-order valence-corrected chi connectivity index (χ1v) is 9.63. The first-order chi connectivity index (χ1) is 12.6. The minimum absolute atomic E-state index is 0.765. The third kappa shape index (κ3) is 5.58. The van der Waals surface area contributed by atoms with Gasteiger partial charge >= 0.3 is 0 Å². The Morgan fingerprint density at radius 2 is 2.04 bits per heavy atom. The first-order valence-electron chi connectivity index (χ1n) is 9.63. The van der Waals surface area contributed by atoms with Crippen LogP contribution in [0.2, 0.25) is 0 Å². The zero-order valence-electron chi connectivity index (χ0n) is 16.4. The normalized spacial score (nSPS) is 18.4. The molecule has 1 aliphatic rings. The summed E-state index contributed by atoms with van der Waals surface area (Å²) in [6.07, 6.45) is 7.85. The van der Waals surface area contributed by atoms with E-state index >= 15 is 0 Å². The van der Waals surface area contributed by atoms with Crippen molar-refractivity contribution in [3.8, 4) is 5.75 Å². The smallest absolute Gasteiger partial charge is 0.118 e. The van der Waals surface area contributed by atoms with Crippen LogP contribution >= 0.6 is 0 Å². The van der Waals surface area contributed by atoms with E-state index in [0.29, 0.717) is 0 Å². The Balaban J connectivity index is 1.42. The molecule has 0 unspecified atom stereocenters. The zero-order valence-corrected chi connectivity index (χ0v) is 16.4. The summed E-state index contributed by atoms with van der Waals surface area (Å²) in [6.45, 7) is 5.74. The minimum atomic E-state index is 0.765. The van der Waals surface area contributed by atoms with Crippen LogP contribution in [0.4, 0.5) is 0 Å². The van der Waals surface area contributed by atoms with Gasteiger partial charge < -0.3 is 14.5 Å². The number of benzene rings is 1. The number of nitrogens with zero attached hydrogens (tertiary/aromatic N) is 4. The molecule has 26 heavy (non-hydrogen) atoms. The molecular weight excluding hydrogens is 324 g/mol. The molecule has 1 saturated heterocycles. The largest absolute Gasteiger partial charge is 0.497 e. The molecule has 0 saturated carbocycles. The SMILES string of the molecule is COc1ccc(CCN2CCC[C@@H](CN(C)Cc3cnn(C)c3)C2)cc1. The predicted octanol–water partition coefficient (Wildman–Crippen LogP) is 2.82. The van der Waals surface area contributed by atoms with Gasteiger partial charge in [-0.05, 0) is 56.5 Å². The Labute approximate surface area is 157 Å². The molecule has 0 radical (unpaired) electrons. The molecule has 3 rings (SSSR count). The fourth-order valence-corrected chi connectivity index (χ4v) is 3.95. The summed E-state index contributed by atoms with van der Waals surface area (Å²) in [7, 11) is 5.92. The van der Waals surface area contributed by atoms with Gasteiger partial charge in [0.05, 0.1) is 13.3 Å². The average molecular weight is 357 g/mol. The van der Waals surface area contributed by atoms with Crippen LogP contribution in [0.25, 0.3) is 0 Å². The maximum Gasteiger partial charge on any atom is 0.118 e. The highest BCUT2D eigenvalue weighted by atomic mass is 16.5. The Morgan fingerprint density at radius 3 is 2.73 bits per heavy atom. The Bertz CT molecular complexity index is 667. The zero-order chi connectivity index (χ0) is 18.4. The van der Waals surface area contributed by atoms with Gasteiger partial charge in [0.1, 0.15) is 5.75 Å². The lowest BCUT2D eigenvalue weighted by Gasteiger charge is -2.34. The number of aromatic nitrogens is 2. The summed E-state index contributed by atoms with van der Waals surface area (Å²) < 4.78 is 7.12. The number of likely N-dealkylation sites (tertiary alicyclic amines) is 1. The number of ether oxygens (including phenoxy) is 1. The van der Waals surface area contributed by atoms with Gasteiger partial charge in [-0.2, -0.15) is 5.10 Å². The Morgan fingerprint density at radius 1 is 1.23 bits per heavy atom. The molecule has 1 aliphatic heterocycles. The third-order valence-electron chi connectivity index (χ3n) is 5.26. The highest BCUT2D eigenvalue weighted by Gasteiger charge is 2.21. The van der Waals surface area contributed by atoms with Crippen LogP contribution in [0.3, 0.4) is 0 Å². The van der Waals surface area contributed by atoms with Gasteiger partial charge in [0.25, 0.3) is 0 Å². The van der Waals surface area contributed by atoms with E-state index in [2.05, 4.69) is 52.4 Å². The van der Waals surface area contributed by atoms with Crippen molar-refractivity contribution in [1.82, 2.24) is 19.6 Å². The monoisotopic (exact) mass is 356 g/mol. The maximum atomic E-state index is 5.24. The molecule has 2 heterocycles. The molecule has 0 aliphatic carbocycles. The van der Waals surface area contributed by atoms with Gasteiger partial charge in [-0.1, -0.05) is 12.1 Å². The van der Waals surface area contributed by atoms with Crippen molar-refractivity contribution in [3.05, 3.63) is 47.8 Å². The van der Waals surface area contributed by atoms with E-state index in [4.69, 9.17) is 4.74 Å². The second kappa shape index (κ2) is 9.19. The van der Waals surface area contributed by atoms with Crippen molar-refractivity contribution in [2.24, 2.45) is 13.0 Å². The van der Waals surface area contributed by atoms with Crippen molar-refractivity contribution in [1.29, 1.82) is 0 Å². The number of piperidine rings is 1. The van der Waals surface area contributed by atoms with Crippen molar-refractivity contribution < 1.29 is 4.74 Å². The lowest BCUT2D eigenvalue weighted by Crippen LogP contribution is -2.40. The molecule has 1 fully saturated rings. The molecule has 142 valence electrons. The predicted molar refractivity (Wildman–Crippen MR) is 105 cm³/mol. The molecule has 0 N–H and O–H groups in total. The van der Waals surface area contributed by atoms with Gasteiger partial charge in [-0.3, -0.25) is 4.68 Å².